The Morgan fingerprint density at radius 3 is 2.32 bits per heavy atom. The van der Waals surface area contributed by atoms with Gasteiger partial charge in [-0.05, 0) is 44.5 Å². The summed E-state index contributed by atoms with van der Waals surface area (Å²) in [6.07, 6.45) is 3.47. The first-order valence-corrected chi connectivity index (χ1v) is 7.67. The molecule has 0 saturated carbocycles. The van der Waals surface area contributed by atoms with Gasteiger partial charge in [0.2, 0.25) is 5.91 Å². The molecule has 2 rings (SSSR count). The van der Waals surface area contributed by atoms with Crippen LogP contribution >= 0.6 is 11.8 Å². The number of benzene rings is 1. The molecule has 1 heterocycles. The normalized spacial score (nSPS) is 11.2. The fraction of sp³-hybridized carbons (Fsp3) is 0.235. The van der Waals surface area contributed by atoms with E-state index in [0.717, 1.165) is 16.0 Å². The van der Waals surface area contributed by atoms with Crippen molar-refractivity contribution in [3.05, 3.63) is 48.3 Å². The zero-order valence-electron chi connectivity index (χ0n) is 12.8. The van der Waals surface area contributed by atoms with Crippen LogP contribution < -0.4 is 5.73 Å². The second-order valence-corrected chi connectivity index (χ2v) is 7.15. The maximum Gasteiger partial charge on any atom is 0.248 e. The zero-order chi connectivity index (χ0) is 16.3. The topological polar surface area (TPSA) is 73.1 Å². The summed E-state index contributed by atoms with van der Waals surface area (Å²) >= 11 is 1.50. The molecule has 1 amide bonds. The molecule has 2 N–H and O–H groups in total. The molecule has 0 unspecified atom stereocenters. The lowest BCUT2D eigenvalue weighted by Gasteiger charge is -2.22. The highest BCUT2D eigenvalue weighted by Gasteiger charge is 2.26. The number of pyridine rings is 1. The zero-order valence-corrected chi connectivity index (χ0v) is 13.6. The Hall–Kier alpha value is -2.14. The molecule has 0 fully saturated rings. The van der Waals surface area contributed by atoms with Crippen molar-refractivity contribution >= 4 is 23.5 Å². The van der Waals surface area contributed by atoms with Gasteiger partial charge in [0.1, 0.15) is 5.78 Å². The van der Waals surface area contributed by atoms with Crippen LogP contribution in [-0.4, -0.2) is 21.4 Å². The Morgan fingerprint density at radius 2 is 1.77 bits per heavy atom. The molecule has 0 aliphatic heterocycles. The van der Waals surface area contributed by atoms with Crippen LogP contribution in [0.1, 0.15) is 31.1 Å². The van der Waals surface area contributed by atoms with Crippen LogP contribution in [0.15, 0.2) is 47.6 Å². The maximum atomic E-state index is 11.7. The van der Waals surface area contributed by atoms with Crippen molar-refractivity contribution < 1.29 is 9.59 Å². The van der Waals surface area contributed by atoms with Crippen LogP contribution in [0.3, 0.4) is 0 Å². The Morgan fingerprint density at radius 1 is 1.14 bits per heavy atom. The third-order valence-corrected chi connectivity index (χ3v) is 4.85. The third-order valence-electron chi connectivity index (χ3n) is 3.47. The molecule has 0 bridgehead atoms. The molecule has 114 valence electrons. The van der Waals surface area contributed by atoms with Crippen molar-refractivity contribution in [2.75, 3.05) is 0 Å². The third kappa shape index (κ3) is 3.54. The van der Waals surface area contributed by atoms with Gasteiger partial charge in [-0.2, -0.15) is 0 Å². The van der Waals surface area contributed by atoms with Gasteiger partial charge < -0.3 is 5.73 Å². The Kier molecular flexibility index (Phi) is 4.66. The van der Waals surface area contributed by atoms with Crippen molar-refractivity contribution in [1.82, 2.24) is 4.98 Å². The molecule has 1 aromatic carbocycles. The number of amides is 1. The van der Waals surface area contributed by atoms with Gasteiger partial charge in [0, 0.05) is 28.4 Å². The molecule has 0 aliphatic carbocycles. The van der Waals surface area contributed by atoms with Crippen molar-refractivity contribution in [2.24, 2.45) is 5.73 Å². The molecular formula is C17H18N2O2S. The van der Waals surface area contributed by atoms with Crippen molar-refractivity contribution in [3.8, 4) is 11.1 Å². The Balaban J connectivity index is 2.40. The largest absolute Gasteiger partial charge is 0.366 e. The predicted molar refractivity (Wildman–Crippen MR) is 88.8 cm³/mol. The summed E-state index contributed by atoms with van der Waals surface area (Å²) in [5.74, 6) is -0.339. The number of carbonyl (C=O) groups excluding carboxylic acids is 2. The molecule has 0 aliphatic rings. The van der Waals surface area contributed by atoms with Gasteiger partial charge in [0.25, 0.3) is 0 Å². The number of nitrogens with zero attached hydrogens (tertiary/aromatic N) is 1. The number of primary amides is 1. The first-order valence-electron chi connectivity index (χ1n) is 6.85. The number of Topliss-reactive ketones (excluding diaryl/α,β-unsaturated/α-hetero) is 1. The fourth-order valence-electron chi connectivity index (χ4n) is 1.85. The molecule has 0 radical (unpaired) electrons. The highest BCUT2D eigenvalue weighted by molar-refractivity contribution is 8.01. The fourth-order valence-corrected chi connectivity index (χ4v) is 2.95. The summed E-state index contributed by atoms with van der Waals surface area (Å²) in [6, 6.07) is 8.95. The smallest absolute Gasteiger partial charge is 0.248 e. The van der Waals surface area contributed by atoms with Gasteiger partial charge in [-0.25, -0.2) is 0 Å². The number of hydrogen-bond acceptors (Lipinski definition) is 4. The highest BCUT2D eigenvalue weighted by Crippen LogP contribution is 2.38. The van der Waals surface area contributed by atoms with Gasteiger partial charge in [-0.15, -0.1) is 11.8 Å². The minimum absolute atomic E-state index is 0.115. The maximum absolute atomic E-state index is 11.7. The Labute approximate surface area is 134 Å². The van der Waals surface area contributed by atoms with Crippen LogP contribution in [0, 0.1) is 0 Å². The monoisotopic (exact) mass is 314 g/mol. The number of hydrogen-bond donors (Lipinski definition) is 1. The van der Waals surface area contributed by atoms with Crippen molar-refractivity contribution in [1.29, 1.82) is 0 Å². The minimum Gasteiger partial charge on any atom is -0.366 e. The molecule has 22 heavy (non-hydrogen) atoms. The van der Waals surface area contributed by atoms with Gasteiger partial charge >= 0.3 is 0 Å². The lowest BCUT2D eigenvalue weighted by molar-refractivity contribution is -0.118. The molecule has 0 spiro atoms. The number of nitrogens with two attached hydrogens (primary N) is 1. The predicted octanol–water partition coefficient (Wildman–Crippen LogP) is 3.31. The van der Waals surface area contributed by atoms with Crippen LogP contribution in [-0.2, 0) is 4.79 Å². The van der Waals surface area contributed by atoms with E-state index in [1.807, 2.05) is 32.0 Å². The summed E-state index contributed by atoms with van der Waals surface area (Å²) < 4.78 is -0.511. The lowest BCUT2D eigenvalue weighted by Crippen LogP contribution is -2.24. The van der Waals surface area contributed by atoms with E-state index >= 15 is 0 Å². The van der Waals surface area contributed by atoms with E-state index in [9.17, 15) is 9.59 Å². The standard InChI is InChI=1S/C17H18N2O2S/c1-11(20)17(2,3)22-15-8-9-19-10-14(15)12-4-6-13(7-5-12)16(18)21/h4-10H,1-3H3,(H2,18,21). The second kappa shape index (κ2) is 6.32. The SMILES string of the molecule is CC(=O)C(C)(C)Sc1ccncc1-c1ccc(C(N)=O)cc1. The average molecular weight is 314 g/mol. The van der Waals surface area contributed by atoms with Crippen LogP contribution in [0.5, 0.6) is 0 Å². The highest BCUT2D eigenvalue weighted by atomic mass is 32.2. The summed E-state index contributed by atoms with van der Waals surface area (Å²) in [5.41, 5.74) is 7.58. The second-order valence-electron chi connectivity index (χ2n) is 5.48. The van der Waals surface area contributed by atoms with E-state index < -0.39 is 10.7 Å². The van der Waals surface area contributed by atoms with E-state index in [-0.39, 0.29) is 5.78 Å². The average Bonchev–Trinajstić information content (AvgIpc) is 2.47. The van der Waals surface area contributed by atoms with Crippen LogP contribution in [0.25, 0.3) is 11.1 Å². The minimum atomic E-state index is -0.511. The van der Waals surface area contributed by atoms with Crippen molar-refractivity contribution in [3.63, 3.8) is 0 Å². The molecule has 0 saturated heterocycles. The molecular weight excluding hydrogens is 296 g/mol. The summed E-state index contributed by atoms with van der Waals surface area (Å²) in [7, 11) is 0. The van der Waals surface area contributed by atoms with Crippen LogP contribution in [0.2, 0.25) is 0 Å². The van der Waals surface area contributed by atoms with Gasteiger partial charge in [-0.1, -0.05) is 12.1 Å². The molecule has 5 heteroatoms. The quantitative estimate of drug-likeness (QED) is 0.859. The van der Waals surface area contributed by atoms with Gasteiger partial charge in [0.15, 0.2) is 0 Å². The Bertz CT molecular complexity index is 709. The molecule has 1 aromatic heterocycles. The van der Waals surface area contributed by atoms with Crippen LogP contribution in [0.4, 0.5) is 0 Å². The number of rotatable bonds is 5. The number of thioether (sulfide) groups is 1. The molecule has 2 aromatic rings. The first kappa shape index (κ1) is 16.2. The first-order chi connectivity index (χ1) is 10.3. The van der Waals surface area contributed by atoms with E-state index in [1.54, 1.807) is 31.5 Å². The lowest BCUT2D eigenvalue weighted by atomic mass is 10.1. The molecule has 4 nitrogen and oxygen atoms in total. The number of carbonyl (C=O) groups is 2. The summed E-state index contributed by atoms with van der Waals surface area (Å²) in [4.78, 5) is 28.0. The summed E-state index contributed by atoms with van der Waals surface area (Å²) in [6.45, 7) is 5.40. The van der Waals surface area contributed by atoms with E-state index in [1.165, 1.54) is 11.8 Å². The molecule has 0 atom stereocenters. The van der Waals surface area contributed by atoms with E-state index in [0.29, 0.717) is 5.56 Å². The van der Waals surface area contributed by atoms with E-state index in [4.69, 9.17) is 5.73 Å². The van der Waals surface area contributed by atoms with Gasteiger partial charge in [0.05, 0.1) is 4.75 Å². The number of ketones is 1. The van der Waals surface area contributed by atoms with Crippen molar-refractivity contribution in [2.45, 2.75) is 30.4 Å². The van der Waals surface area contributed by atoms with E-state index in [2.05, 4.69) is 4.98 Å². The number of aromatic nitrogens is 1. The summed E-state index contributed by atoms with van der Waals surface area (Å²) in [5, 5.41) is 0. The van der Waals surface area contributed by atoms with Gasteiger partial charge in [-0.3, -0.25) is 14.6 Å².